The van der Waals surface area contributed by atoms with Crippen LogP contribution in [0, 0.1) is 0 Å². The number of nitrogens with zero attached hydrogens (tertiary/aromatic N) is 1. The lowest BCUT2D eigenvalue weighted by atomic mass is 10.2. The molecule has 0 aromatic heterocycles. The zero-order valence-corrected chi connectivity index (χ0v) is 16.3. The summed E-state index contributed by atoms with van der Waals surface area (Å²) in [6.07, 6.45) is 1.54. The lowest BCUT2D eigenvalue weighted by Crippen LogP contribution is -2.24. The summed E-state index contributed by atoms with van der Waals surface area (Å²) < 4.78 is 17.4. The van der Waals surface area contributed by atoms with E-state index in [1.165, 1.54) is 6.21 Å². The topological polar surface area (TPSA) is 69.2 Å². The smallest absolute Gasteiger partial charge is 0.277 e. The Labute approximate surface area is 161 Å². The van der Waals surface area contributed by atoms with Crippen molar-refractivity contribution < 1.29 is 19.0 Å². The van der Waals surface area contributed by atoms with Gasteiger partial charge < -0.3 is 14.2 Å². The van der Waals surface area contributed by atoms with Gasteiger partial charge in [0.25, 0.3) is 5.91 Å². The largest absolute Gasteiger partial charge is 0.490 e. The molecule has 2 rings (SSSR count). The minimum Gasteiger partial charge on any atom is -0.490 e. The second-order valence-electron chi connectivity index (χ2n) is 5.11. The summed E-state index contributed by atoms with van der Waals surface area (Å²) in [6, 6.07) is 12.7. The third-order valence-corrected chi connectivity index (χ3v) is 3.68. The zero-order valence-electron chi connectivity index (χ0n) is 14.7. The minimum absolute atomic E-state index is 0.119. The number of carbonyl (C=O) groups excluding carboxylic acids is 1. The van der Waals surface area contributed by atoms with E-state index >= 15 is 0 Å². The highest BCUT2D eigenvalue weighted by Gasteiger charge is 2.05. The van der Waals surface area contributed by atoms with Crippen molar-refractivity contribution in [2.75, 3.05) is 19.8 Å². The molecule has 7 heteroatoms. The molecular formula is C19H21BrN2O4. The van der Waals surface area contributed by atoms with Gasteiger partial charge >= 0.3 is 0 Å². The first-order chi connectivity index (χ1) is 12.6. The molecule has 6 nitrogen and oxygen atoms in total. The second kappa shape index (κ2) is 10.5. The van der Waals surface area contributed by atoms with Crippen LogP contribution in [0.25, 0.3) is 0 Å². The molecule has 0 radical (unpaired) electrons. The van der Waals surface area contributed by atoms with Crippen molar-refractivity contribution in [3.8, 4) is 17.2 Å². The first-order valence-corrected chi connectivity index (χ1v) is 9.01. The normalized spacial score (nSPS) is 10.6. The molecule has 0 fully saturated rings. The summed E-state index contributed by atoms with van der Waals surface area (Å²) in [5.41, 5.74) is 3.21. The Balaban J connectivity index is 1.87. The Hall–Kier alpha value is -2.54. The minimum atomic E-state index is -0.347. The van der Waals surface area contributed by atoms with Gasteiger partial charge in [-0.25, -0.2) is 5.43 Å². The van der Waals surface area contributed by atoms with E-state index in [-0.39, 0.29) is 12.5 Å². The lowest BCUT2D eigenvalue weighted by Gasteiger charge is -2.11. The fourth-order valence-electron chi connectivity index (χ4n) is 2.04. The standard InChI is InChI=1S/C19H21BrN2O4/c1-3-24-17-10-5-14(11-18(17)25-4-2)12-21-22-19(23)13-26-16-8-6-15(20)7-9-16/h5-12H,3-4,13H2,1-2H3,(H,22,23)/b21-12+. The number of amides is 1. The van der Waals surface area contributed by atoms with Crippen LogP contribution in [0.2, 0.25) is 0 Å². The molecule has 0 aliphatic carbocycles. The molecule has 138 valence electrons. The van der Waals surface area contributed by atoms with Gasteiger partial charge in [-0.1, -0.05) is 15.9 Å². The van der Waals surface area contributed by atoms with Gasteiger partial charge in [0.05, 0.1) is 19.4 Å². The summed E-state index contributed by atoms with van der Waals surface area (Å²) >= 11 is 3.34. The van der Waals surface area contributed by atoms with E-state index in [2.05, 4.69) is 26.5 Å². The van der Waals surface area contributed by atoms with E-state index in [0.717, 1.165) is 10.0 Å². The molecule has 0 spiro atoms. The van der Waals surface area contributed by atoms with Crippen LogP contribution in [0.5, 0.6) is 17.2 Å². The molecule has 1 N–H and O–H groups in total. The highest BCUT2D eigenvalue weighted by atomic mass is 79.9. The number of ether oxygens (including phenoxy) is 3. The average molecular weight is 421 g/mol. The third kappa shape index (κ3) is 6.40. The summed E-state index contributed by atoms with van der Waals surface area (Å²) in [7, 11) is 0. The molecule has 0 atom stereocenters. The molecule has 0 unspecified atom stereocenters. The van der Waals surface area contributed by atoms with Crippen molar-refractivity contribution in [3.05, 3.63) is 52.5 Å². The SMILES string of the molecule is CCOc1ccc(/C=N/NC(=O)COc2ccc(Br)cc2)cc1OCC. The fourth-order valence-corrected chi connectivity index (χ4v) is 2.30. The van der Waals surface area contributed by atoms with Gasteiger partial charge in [-0.15, -0.1) is 0 Å². The maximum atomic E-state index is 11.8. The van der Waals surface area contributed by atoms with Crippen molar-refractivity contribution in [2.45, 2.75) is 13.8 Å². The molecule has 2 aromatic carbocycles. The highest BCUT2D eigenvalue weighted by Crippen LogP contribution is 2.27. The van der Waals surface area contributed by atoms with Gasteiger partial charge in [0, 0.05) is 4.47 Å². The van der Waals surface area contributed by atoms with Gasteiger partial charge in [0.15, 0.2) is 18.1 Å². The third-order valence-electron chi connectivity index (χ3n) is 3.15. The van der Waals surface area contributed by atoms with Crippen LogP contribution in [0.1, 0.15) is 19.4 Å². The predicted molar refractivity (Wildman–Crippen MR) is 104 cm³/mol. The summed E-state index contributed by atoms with van der Waals surface area (Å²) in [5, 5.41) is 3.94. The molecule has 0 aliphatic rings. The summed E-state index contributed by atoms with van der Waals surface area (Å²) in [5.74, 6) is 1.59. The van der Waals surface area contributed by atoms with Gasteiger partial charge in [0.1, 0.15) is 5.75 Å². The molecule has 0 heterocycles. The average Bonchev–Trinajstić information content (AvgIpc) is 2.64. The zero-order chi connectivity index (χ0) is 18.8. The van der Waals surface area contributed by atoms with E-state index in [0.29, 0.717) is 30.5 Å². The van der Waals surface area contributed by atoms with Crippen LogP contribution in [-0.4, -0.2) is 31.9 Å². The van der Waals surface area contributed by atoms with E-state index in [1.807, 2.05) is 44.2 Å². The van der Waals surface area contributed by atoms with Crippen molar-refractivity contribution in [2.24, 2.45) is 5.10 Å². The molecule has 2 aromatic rings. The first kappa shape index (κ1) is 19.8. The number of hydrazone groups is 1. The molecule has 0 aliphatic heterocycles. The number of nitrogens with one attached hydrogen (secondary N) is 1. The van der Waals surface area contributed by atoms with Crippen molar-refractivity contribution in [3.63, 3.8) is 0 Å². The predicted octanol–water partition coefficient (Wildman–Crippen LogP) is 3.78. The monoisotopic (exact) mass is 420 g/mol. The molecule has 1 amide bonds. The van der Waals surface area contributed by atoms with Crippen molar-refractivity contribution in [1.29, 1.82) is 0 Å². The Morgan fingerprint density at radius 1 is 1.04 bits per heavy atom. The van der Waals surface area contributed by atoms with Gasteiger partial charge in [-0.3, -0.25) is 4.79 Å². The second-order valence-corrected chi connectivity index (χ2v) is 6.02. The van der Waals surface area contributed by atoms with Gasteiger partial charge in [-0.2, -0.15) is 5.10 Å². The lowest BCUT2D eigenvalue weighted by molar-refractivity contribution is -0.123. The molecule has 26 heavy (non-hydrogen) atoms. The summed E-state index contributed by atoms with van der Waals surface area (Å²) in [4.78, 5) is 11.8. The first-order valence-electron chi connectivity index (χ1n) is 8.22. The van der Waals surface area contributed by atoms with Crippen LogP contribution in [0.15, 0.2) is 52.0 Å². The molecule has 0 saturated carbocycles. The maximum Gasteiger partial charge on any atom is 0.277 e. The van der Waals surface area contributed by atoms with Crippen LogP contribution in [0.4, 0.5) is 0 Å². The Morgan fingerprint density at radius 2 is 1.73 bits per heavy atom. The van der Waals surface area contributed by atoms with Crippen LogP contribution in [-0.2, 0) is 4.79 Å². The molecule has 0 bridgehead atoms. The van der Waals surface area contributed by atoms with Gasteiger partial charge in [-0.05, 0) is 61.9 Å². The highest BCUT2D eigenvalue weighted by molar-refractivity contribution is 9.10. The quantitative estimate of drug-likeness (QED) is 0.494. The van der Waals surface area contributed by atoms with E-state index in [9.17, 15) is 4.79 Å². The fraction of sp³-hybridized carbons (Fsp3) is 0.263. The Morgan fingerprint density at radius 3 is 2.42 bits per heavy atom. The van der Waals surface area contributed by atoms with E-state index < -0.39 is 0 Å². The Kier molecular flexibility index (Phi) is 7.95. The van der Waals surface area contributed by atoms with Crippen molar-refractivity contribution >= 4 is 28.1 Å². The molecular weight excluding hydrogens is 400 g/mol. The number of rotatable bonds is 9. The van der Waals surface area contributed by atoms with Crippen molar-refractivity contribution in [1.82, 2.24) is 5.43 Å². The maximum absolute atomic E-state index is 11.8. The number of benzene rings is 2. The molecule has 0 saturated heterocycles. The van der Waals surface area contributed by atoms with Crippen LogP contribution >= 0.6 is 15.9 Å². The van der Waals surface area contributed by atoms with Gasteiger partial charge in [0.2, 0.25) is 0 Å². The van der Waals surface area contributed by atoms with E-state index in [1.54, 1.807) is 12.1 Å². The van der Waals surface area contributed by atoms with E-state index in [4.69, 9.17) is 14.2 Å². The number of halogens is 1. The number of hydrogen-bond donors (Lipinski definition) is 1. The van der Waals surface area contributed by atoms with Crippen LogP contribution in [0.3, 0.4) is 0 Å². The number of hydrogen-bond acceptors (Lipinski definition) is 5. The Bertz CT molecular complexity index is 748. The number of carbonyl (C=O) groups is 1. The summed E-state index contributed by atoms with van der Waals surface area (Å²) in [6.45, 7) is 4.79. The van der Waals surface area contributed by atoms with Crippen LogP contribution < -0.4 is 19.6 Å².